The smallest absolute Gasteiger partial charge is 0.256 e. The average molecular weight is 377 g/mol. The fraction of sp³-hybridized carbons (Fsp3) is 0.600. The van der Waals surface area contributed by atoms with E-state index >= 15 is 0 Å². The lowest BCUT2D eigenvalue weighted by molar-refractivity contribution is 0.0272. The van der Waals surface area contributed by atoms with E-state index in [0.717, 1.165) is 9.98 Å². The Bertz CT molecular complexity index is 786. The molecule has 0 saturated carbocycles. The summed E-state index contributed by atoms with van der Waals surface area (Å²) in [6.07, 6.45) is -1.25. The van der Waals surface area contributed by atoms with Gasteiger partial charge >= 0.3 is 0 Å². The maximum Gasteiger partial charge on any atom is 0.256 e. The van der Waals surface area contributed by atoms with Gasteiger partial charge < -0.3 is 5.11 Å². The Labute approximate surface area is 143 Å². The minimum absolute atomic E-state index is 0.0668. The van der Waals surface area contributed by atoms with Gasteiger partial charge in [0, 0.05) is 14.1 Å². The van der Waals surface area contributed by atoms with E-state index in [-0.39, 0.29) is 10.8 Å². The monoisotopic (exact) mass is 376 g/mol. The maximum absolute atomic E-state index is 13.0. The predicted molar refractivity (Wildman–Crippen MR) is 91.7 cm³/mol. The van der Waals surface area contributed by atoms with E-state index in [1.807, 2.05) is 13.8 Å². The van der Waals surface area contributed by atoms with Gasteiger partial charge in [0.1, 0.15) is 0 Å². The molecule has 0 spiro atoms. The third-order valence-corrected chi connectivity index (χ3v) is 7.72. The predicted octanol–water partition coefficient (Wildman–Crippen LogP) is 0.435. The van der Waals surface area contributed by atoms with Crippen LogP contribution in [0.3, 0.4) is 0 Å². The molecule has 2 atom stereocenters. The highest BCUT2D eigenvalue weighted by Gasteiger charge is 2.46. The minimum Gasteiger partial charge on any atom is -0.390 e. The molecule has 1 saturated heterocycles. The number of hydrogen-bond donors (Lipinski definition) is 1. The van der Waals surface area contributed by atoms with Crippen LogP contribution in [-0.4, -0.2) is 69.1 Å². The molecule has 0 aromatic heterocycles. The molecule has 1 aromatic carbocycles. The number of aliphatic hydroxyl groups is 1. The van der Waals surface area contributed by atoms with Crippen LogP contribution < -0.4 is 0 Å². The number of sulfonamides is 1. The van der Waals surface area contributed by atoms with Crippen LogP contribution in [0.15, 0.2) is 29.2 Å². The summed E-state index contributed by atoms with van der Waals surface area (Å²) in [5.74, 6) is -0.548. The van der Waals surface area contributed by atoms with E-state index in [9.17, 15) is 21.9 Å². The molecule has 136 valence electrons. The molecule has 24 heavy (non-hydrogen) atoms. The maximum atomic E-state index is 13.0. The molecule has 1 fully saturated rings. The summed E-state index contributed by atoms with van der Waals surface area (Å²) in [7, 11) is -4.42. The van der Waals surface area contributed by atoms with Crippen molar-refractivity contribution in [3.05, 3.63) is 29.8 Å². The number of rotatable bonds is 5. The van der Waals surface area contributed by atoms with E-state index in [1.165, 1.54) is 31.2 Å². The third kappa shape index (κ3) is 3.80. The normalized spacial score (nSPS) is 24.2. The van der Waals surface area contributed by atoms with Crippen LogP contribution in [0.1, 0.15) is 25.3 Å². The Kier molecular flexibility index (Phi) is 5.41. The Morgan fingerprint density at radius 2 is 1.67 bits per heavy atom. The second-order valence-electron chi connectivity index (χ2n) is 6.56. The molecule has 1 N–H and O–H groups in total. The SMILES string of the molecule is CC(C)c1ccc(S(=O)(=O)N([C@@H]2CS(=O)(=O)C[C@@H]2O)N(C)C)cc1. The third-order valence-electron chi connectivity index (χ3n) is 4.06. The van der Waals surface area contributed by atoms with E-state index in [2.05, 4.69) is 0 Å². The summed E-state index contributed by atoms with van der Waals surface area (Å²) >= 11 is 0. The van der Waals surface area contributed by atoms with E-state index < -0.39 is 43.5 Å². The average Bonchev–Trinajstić information content (AvgIpc) is 2.71. The lowest BCUT2D eigenvalue weighted by Gasteiger charge is -2.34. The number of sulfone groups is 1. The molecule has 0 radical (unpaired) electrons. The lowest BCUT2D eigenvalue weighted by Crippen LogP contribution is -2.53. The van der Waals surface area contributed by atoms with Crippen molar-refractivity contribution in [2.45, 2.75) is 36.8 Å². The van der Waals surface area contributed by atoms with Crippen LogP contribution in [0.4, 0.5) is 0 Å². The fourth-order valence-corrected chi connectivity index (χ4v) is 6.40. The van der Waals surface area contributed by atoms with Crippen molar-refractivity contribution in [3.63, 3.8) is 0 Å². The Balaban J connectivity index is 2.43. The summed E-state index contributed by atoms with van der Waals surface area (Å²) < 4.78 is 50.4. The van der Waals surface area contributed by atoms with Crippen molar-refractivity contribution in [2.24, 2.45) is 0 Å². The zero-order chi connectivity index (χ0) is 18.3. The molecular weight excluding hydrogens is 352 g/mol. The van der Waals surface area contributed by atoms with Crippen LogP contribution in [0.25, 0.3) is 0 Å². The van der Waals surface area contributed by atoms with Gasteiger partial charge in [-0.05, 0) is 23.6 Å². The van der Waals surface area contributed by atoms with Gasteiger partial charge in [-0.3, -0.25) is 0 Å². The topological polar surface area (TPSA) is 95.0 Å². The molecule has 1 aliphatic rings. The van der Waals surface area contributed by atoms with Crippen LogP contribution >= 0.6 is 0 Å². The van der Waals surface area contributed by atoms with Gasteiger partial charge in [0.05, 0.1) is 28.5 Å². The molecule has 0 bridgehead atoms. The second kappa shape index (κ2) is 6.72. The number of hydrogen-bond acceptors (Lipinski definition) is 6. The van der Waals surface area contributed by atoms with Crippen molar-refractivity contribution >= 4 is 19.9 Å². The van der Waals surface area contributed by atoms with Crippen LogP contribution in [0, 0.1) is 0 Å². The Hall–Kier alpha value is -1.00. The summed E-state index contributed by atoms with van der Waals surface area (Å²) in [4.78, 5) is 0.0668. The summed E-state index contributed by atoms with van der Waals surface area (Å²) in [5.41, 5.74) is 1.01. The second-order valence-corrected chi connectivity index (χ2v) is 10.5. The van der Waals surface area contributed by atoms with Crippen LogP contribution in [-0.2, 0) is 19.9 Å². The first-order valence-electron chi connectivity index (χ1n) is 7.66. The molecule has 1 aromatic rings. The zero-order valence-corrected chi connectivity index (χ0v) is 15.9. The highest BCUT2D eigenvalue weighted by atomic mass is 32.2. The van der Waals surface area contributed by atoms with Crippen molar-refractivity contribution in [2.75, 3.05) is 25.6 Å². The van der Waals surface area contributed by atoms with Crippen molar-refractivity contribution in [1.82, 2.24) is 9.42 Å². The van der Waals surface area contributed by atoms with Gasteiger partial charge in [-0.25, -0.2) is 21.8 Å². The van der Waals surface area contributed by atoms with Crippen molar-refractivity contribution in [3.8, 4) is 0 Å². The molecule has 0 amide bonds. The molecule has 1 aliphatic heterocycles. The Morgan fingerprint density at radius 3 is 2.04 bits per heavy atom. The number of hydrazine groups is 1. The largest absolute Gasteiger partial charge is 0.390 e. The van der Waals surface area contributed by atoms with Gasteiger partial charge in [0.15, 0.2) is 9.84 Å². The van der Waals surface area contributed by atoms with Crippen LogP contribution in [0.2, 0.25) is 0 Å². The first kappa shape index (κ1) is 19.3. The van der Waals surface area contributed by atoms with E-state index in [4.69, 9.17) is 0 Å². The van der Waals surface area contributed by atoms with Gasteiger partial charge in [0.2, 0.25) is 0 Å². The summed E-state index contributed by atoms with van der Waals surface area (Å²) in [5, 5.41) is 11.4. The summed E-state index contributed by atoms with van der Waals surface area (Å²) in [6.45, 7) is 4.02. The van der Waals surface area contributed by atoms with Gasteiger partial charge in [0.25, 0.3) is 10.0 Å². The molecule has 1 heterocycles. The molecule has 7 nitrogen and oxygen atoms in total. The Morgan fingerprint density at radius 1 is 1.12 bits per heavy atom. The number of nitrogens with zero attached hydrogens (tertiary/aromatic N) is 2. The molecular formula is C15H24N2O5S2. The molecule has 0 unspecified atom stereocenters. The van der Waals surface area contributed by atoms with Gasteiger partial charge in [-0.2, -0.15) is 0 Å². The standard InChI is InChI=1S/C15H24N2O5S2/c1-11(2)12-5-7-13(8-6-12)24(21,22)17(16(3)4)14-9-23(19,20)10-15(14)18/h5-8,11,14-15,18H,9-10H2,1-4H3/t14-,15+/m1/s1. The quantitative estimate of drug-likeness (QED) is 0.749. The first-order chi connectivity index (χ1) is 11.0. The molecule has 2 rings (SSSR count). The van der Waals surface area contributed by atoms with E-state index in [0.29, 0.717) is 0 Å². The molecule has 0 aliphatic carbocycles. The van der Waals surface area contributed by atoms with Crippen LogP contribution in [0.5, 0.6) is 0 Å². The highest BCUT2D eigenvalue weighted by Crippen LogP contribution is 2.27. The van der Waals surface area contributed by atoms with Crippen molar-refractivity contribution in [1.29, 1.82) is 0 Å². The summed E-state index contributed by atoms with van der Waals surface area (Å²) in [6, 6.07) is 5.48. The number of benzene rings is 1. The number of aliphatic hydroxyl groups excluding tert-OH is 1. The minimum atomic E-state index is -3.97. The van der Waals surface area contributed by atoms with E-state index in [1.54, 1.807) is 12.1 Å². The fourth-order valence-electron chi connectivity index (χ4n) is 2.84. The van der Waals surface area contributed by atoms with Gasteiger partial charge in [-0.15, -0.1) is 4.41 Å². The lowest BCUT2D eigenvalue weighted by atomic mass is 10.0. The zero-order valence-electron chi connectivity index (χ0n) is 14.2. The molecule has 9 heteroatoms. The first-order valence-corrected chi connectivity index (χ1v) is 10.9. The van der Waals surface area contributed by atoms with Crippen molar-refractivity contribution < 1.29 is 21.9 Å². The van der Waals surface area contributed by atoms with Gasteiger partial charge in [-0.1, -0.05) is 26.0 Å². The highest BCUT2D eigenvalue weighted by molar-refractivity contribution is 7.92.